The van der Waals surface area contributed by atoms with E-state index in [0.717, 1.165) is 33.0 Å². The molecule has 0 amide bonds. The maximum atomic E-state index is 5.49. The molecule has 4 nitrogen and oxygen atoms in total. The van der Waals surface area contributed by atoms with Gasteiger partial charge in [-0.25, -0.2) is 4.98 Å². The Morgan fingerprint density at radius 2 is 2.35 bits per heavy atom. The van der Waals surface area contributed by atoms with Crippen LogP contribution in [0.2, 0.25) is 0 Å². The normalized spacial score (nSPS) is 12.7. The van der Waals surface area contributed by atoms with Crippen molar-refractivity contribution in [3.05, 3.63) is 39.6 Å². The molecule has 2 aromatic heterocycles. The average molecular weight is 305 g/mol. The van der Waals surface area contributed by atoms with E-state index in [0.29, 0.717) is 0 Å². The van der Waals surface area contributed by atoms with Crippen LogP contribution in [0.15, 0.2) is 29.8 Å². The summed E-state index contributed by atoms with van der Waals surface area (Å²) in [6, 6.07) is 6.10. The third-order valence-corrected chi connectivity index (χ3v) is 4.54. The Kier molecular flexibility index (Phi) is 3.58. The lowest BCUT2D eigenvalue weighted by molar-refractivity contribution is 0.415. The number of aromatic nitrogens is 3. The Morgan fingerprint density at radius 1 is 1.50 bits per heavy atom. The highest BCUT2D eigenvalue weighted by Gasteiger charge is 2.18. The van der Waals surface area contributed by atoms with Crippen LogP contribution >= 0.6 is 23.6 Å². The Labute approximate surface area is 126 Å². The second-order valence-corrected chi connectivity index (χ2v) is 5.79. The van der Waals surface area contributed by atoms with E-state index >= 15 is 0 Å². The highest BCUT2D eigenvalue weighted by molar-refractivity contribution is 7.71. The minimum atomic E-state index is 0.156. The van der Waals surface area contributed by atoms with Crippen LogP contribution in [-0.2, 0) is 0 Å². The van der Waals surface area contributed by atoms with Crippen LogP contribution in [-0.4, -0.2) is 21.6 Å². The highest BCUT2D eigenvalue weighted by Crippen LogP contribution is 2.30. The summed E-state index contributed by atoms with van der Waals surface area (Å²) in [5.41, 5.74) is 2.07. The number of imidazole rings is 1. The molecular weight excluding hydrogens is 290 g/mol. The third kappa shape index (κ3) is 2.14. The van der Waals surface area contributed by atoms with E-state index in [1.807, 2.05) is 29.8 Å². The zero-order valence-corrected chi connectivity index (χ0v) is 12.9. The van der Waals surface area contributed by atoms with E-state index in [4.69, 9.17) is 17.0 Å². The van der Waals surface area contributed by atoms with Gasteiger partial charge >= 0.3 is 0 Å². The molecule has 3 aromatic rings. The van der Waals surface area contributed by atoms with Gasteiger partial charge in [-0.15, -0.1) is 11.3 Å². The predicted octanol–water partition coefficient (Wildman–Crippen LogP) is 4.16. The fourth-order valence-electron chi connectivity index (χ4n) is 2.40. The van der Waals surface area contributed by atoms with Crippen molar-refractivity contribution in [3.8, 4) is 5.75 Å². The van der Waals surface area contributed by atoms with E-state index in [9.17, 15) is 0 Å². The van der Waals surface area contributed by atoms with E-state index in [1.54, 1.807) is 18.4 Å². The summed E-state index contributed by atoms with van der Waals surface area (Å²) in [6.07, 6.45) is 2.77. The molecule has 6 heteroatoms. The SMILES string of the molecule is CCC(c1nccs1)n1c(=S)[nH]c2ccc(OC)cc21. The fourth-order valence-corrected chi connectivity index (χ4v) is 3.55. The summed E-state index contributed by atoms with van der Waals surface area (Å²) < 4.78 is 8.17. The average Bonchev–Trinajstić information content (AvgIpc) is 3.08. The van der Waals surface area contributed by atoms with Crippen molar-refractivity contribution < 1.29 is 4.74 Å². The van der Waals surface area contributed by atoms with Gasteiger partial charge in [0.05, 0.1) is 24.2 Å². The number of benzene rings is 1. The quantitative estimate of drug-likeness (QED) is 0.736. The molecule has 0 saturated carbocycles. The second kappa shape index (κ2) is 5.38. The minimum Gasteiger partial charge on any atom is -0.497 e. The molecule has 0 aliphatic carbocycles. The zero-order valence-electron chi connectivity index (χ0n) is 11.3. The lowest BCUT2D eigenvalue weighted by Gasteiger charge is -2.15. The Morgan fingerprint density at radius 3 is 3.00 bits per heavy atom. The Hall–Kier alpha value is -1.66. The largest absolute Gasteiger partial charge is 0.497 e. The first-order valence-electron chi connectivity index (χ1n) is 6.42. The summed E-state index contributed by atoms with van der Waals surface area (Å²) in [5, 5.41) is 3.07. The van der Waals surface area contributed by atoms with Gasteiger partial charge in [0.15, 0.2) is 4.77 Å². The van der Waals surface area contributed by atoms with Gasteiger partial charge < -0.3 is 14.3 Å². The van der Waals surface area contributed by atoms with Crippen molar-refractivity contribution >= 4 is 34.6 Å². The van der Waals surface area contributed by atoms with Crippen LogP contribution in [0.3, 0.4) is 0 Å². The maximum Gasteiger partial charge on any atom is 0.178 e. The molecule has 0 radical (unpaired) electrons. The zero-order chi connectivity index (χ0) is 14.1. The summed E-state index contributed by atoms with van der Waals surface area (Å²) >= 11 is 7.15. The Bertz CT molecular complexity index is 773. The number of H-pyrrole nitrogens is 1. The summed E-state index contributed by atoms with van der Waals surface area (Å²) in [5.74, 6) is 0.828. The molecule has 0 bridgehead atoms. The van der Waals surface area contributed by atoms with Crippen LogP contribution in [0.25, 0.3) is 11.0 Å². The van der Waals surface area contributed by atoms with Crippen LogP contribution in [0.5, 0.6) is 5.75 Å². The van der Waals surface area contributed by atoms with Crippen LogP contribution < -0.4 is 4.74 Å². The van der Waals surface area contributed by atoms with E-state index < -0.39 is 0 Å². The molecular formula is C14H15N3OS2. The van der Waals surface area contributed by atoms with Gasteiger partial charge in [-0.1, -0.05) is 6.92 Å². The van der Waals surface area contributed by atoms with Crippen LogP contribution in [0.4, 0.5) is 0 Å². The van der Waals surface area contributed by atoms with Crippen molar-refractivity contribution in [2.75, 3.05) is 7.11 Å². The maximum absolute atomic E-state index is 5.49. The number of thiazole rings is 1. The number of nitrogens with one attached hydrogen (secondary N) is 1. The predicted molar refractivity (Wildman–Crippen MR) is 84.2 cm³/mol. The number of nitrogens with zero attached hydrogens (tertiary/aromatic N) is 2. The fraction of sp³-hybridized carbons (Fsp3) is 0.286. The number of hydrogen-bond donors (Lipinski definition) is 1. The molecule has 0 fully saturated rings. The van der Waals surface area contributed by atoms with E-state index in [1.165, 1.54) is 0 Å². The number of rotatable bonds is 4. The molecule has 1 N–H and O–H groups in total. The van der Waals surface area contributed by atoms with Gasteiger partial charge in [0, 0.05) is 17.6 Å². The summed E-state index contributed by atoms with van der Waals surface area (Å²) in [6.45, 7) is 2.15. The molecule has 1 atom stereocenters. The number of aromatic amines is 1. The molecule has 104 valence electrons. The first-order chi connectivity index (χ1) is 9.74. The van der Waals surface area contributed by atoms with Crippen molar-refractivity contribution in [3.63, 3.8) is 0 Å². The first-order valence-corrected chi connectivity index (χ1v) is 7.71. The number of methoxy groups -OCH3 is 1. The van der Waals surface area contributed by atoms with Gasteiger partial charge in [-0.3, -0.25) is 0 Å². The molecule has 0 spiro atoms. The van der Waals surface area contributed by atoms with Gasteiger partial charge in [-0.2, -0.15) is 0 Å². The molecule has 2 heterocycles. The standard InChI is InChI=1S/C14H15N3OS2/c1-3-11(13-15-6-7-20-13)17-12-8-9(18-2)4-5-10(12)16-14(17)19/h4-8,11H,3H2,1-2H3,(H,16,19). The van der Waals surface area contributed by atoms with Crippen molar-refractivity contribution in [1.82, 2.24) is 14.5 Å². The number of fused-ring (bicyclic) bond motifs is 1. The molecule has 20 heavy (non-hydrogen) atoms. The highest BCUT2D eigenvalue weighted by atomic mass is 32.1. The smallest absolute Gasteiger partial charge is 0.178 e. The van der Waals surface area contributed by atoms with Crippen LogP contribution in [0.1, 0.15) is 24.4 Å². The van der Waals surface area contributed by atoms with Crippen molar-refractivity contribution in [2.45, 2.75) is 19.4 Å². The minimum absolute atomic E-state index is 0.156. The summed E-state index contributed by atoms with van der Waals surface area (Å²) in [4.78, 5) is 7.69. The van der Waals surface area contributed by atoms with Gasteiger partial charge in [-0.05, 0) is 30.8 Å². The van der Waals surface area contributed by atoms with Crippen molar-refractivity contribution in [1.29, 1.82) is 0 Å². The summed E-state index contributed by atoms with van der Waals surface area (Å²) in [7, 11) is 1.67. The van der Waals surface area contributed by atoms with E-state index in [2.05, 4.69) is 21.5 Å². The monoisotopic (exact) mass is 305 g/mol. The van der Waals surface area contributed by atoms with Gasteiger partial charge in [0.2, 0.25) is 0 Å². The molecule has 1 unspecified atom stereocenters. The lowest BCUT2D eigenvalue weighted by atomic mass is 10.2. The first kappa shape index (κ1) is 13.3. The number of hydrogen-bond acceptors (Lipinski definition) is 4. The second-order valence-electron chi connectivity index (χ2n) is 4.48. The molecule has 3 rings (SSSR count). The molecule has 1 aromatic carbocycles. The van der Waals surface area contributed by atoms with Gasteiger partial charge in [0.25, 0.3) is 0 Å². The van der Waals surface area contributed by atoms with Gasteiger partial charge in [0.1, 0.15) is 10.8 Å². The molecule has 0 saturated heterocycles. The molecule has 0 aliphatic heterocycles. The Balaban J connectivity index is 2.23. The lowest BCUT2D eigenvalue weighted by Crippen LogP contribution is -2.09. The van der Waals surface area contributed by atoms with E-state index in [-0.39, 0.29) is 6.04 Å². The topological polar surface area (TPSA) is 42.8 Å². The number of ether oxygens (including phenoxy) is 1. The molecule has 0 aliphatic rings. The third-order valence-electron chi connectivity index (χ3n) is 3.36. The van der Waals surface area contributed by atoms with Crippen molar-refractivity contribution in [2.24, 2.45) is 0 Å². The van der Waals surface area contributed by atoms with Crippen LogP contribution in [0, 0.1) is 4.77 Å².